The van der Waals surface area contributed by atoms with Gasteiger partial charge in [0.1, 0.15) is 0 Å². The zero-order chi connectivity index (χ0) is 15.2. The molecule has 0 saturated carbocycles. The molecule has 0 radical (unpaired) electrons. The third-order valence-electron chi connectivity index (χ3n) is 3.59. The Kier molecular flexibility index (Phi) is 7.31. The second kappa shape index (κ2) is 8.73. The predicted octanol–water partition coefficient (Wildman–Crippen LogP) is 1.26. The minimum Gasteiger partial charge on any atom is -0.465 e. The van der Waals surface area contributed by atoms with Crippen LogP contribution >= 0.6 is 12.4 Å². The van der Waals surface area contributed by atoms with Gasteiger partial charge < -0.3 is 15.8 Å². The van der Waals surface area contributed by atoms with E-state index in [1.807, 2.05) is 0 Å². The molecule has 7 heteroatoms. The number of nitrogens with zero attached hydrogens (tertiary/aromatic N) is 1. The third-order valence-corrected chi connectivity index (χ3v) is 3.59. The maximum atomic E-state index is 12.0. The zero-order valence-electron chi connectivity index (χ0n) is 12.6. The van der Waals surface area contributed by atoms with E-state index in [4.69, 9.17) is 5.73 Å². The summed E-state index contributed by atoms with van der Waals surface area (Å²) in [6, 6.07) is 6.89. The molecule has 1 aromatic carbocycles. The van der Waals surface area contributed by atoms with Gasteiger partial charge in [0.05, 0.1) is 19.2 Å². The van der Waals surface area contributed by atoms with Crippen LogP contribution in [0.25, 0.3) is 0 Å². The Morgan fingerprint density at radius 2 is 1.86 bits per heavy atom. The number of anilines is 1. The molecule has 1 aromatic rings. The summed E-state index contributed by atoms with van der Waals surface area (Å²) in [5, 5.41) is 2.82. The molecule has 1 aliphatic rings. The SMILES string of the molecule is COC(=O)c1ccc(NC(=O)CN2CCC(N)CC2)cc1.Cl. The minimum absolute atomic E-state index is 0. The summed E-state index contributed by atoms with van der Waals surface area (Å²) in [5.74, 6) is -0.450. The van der Waals surface area contributed by atoms with Gasteiger partial charge in [0.15, 0.2) is 0 Å². The number of halogens is 1. The molecule has 1 fully saturated rings. The van der Waals surface area contributed by atoms with Gasteiger partial charge >= 0.3 is 5.97 Å². The molecule has 0 unspecified atom stereocenters. The lowest BCUT2D eigenvalue weighted by Gasteiger charge is -2.29. The number of methoxy groups -OCH3 is 1. The Morgan fingerprint density at radius 1 is 1.27 bits per heavy atom. The van der Waals surface area contributed by atoms with Gasteiger partial charge in [-0.05, 0) is 37.1 Å². The quantitative estimate of drug-likeness (QED) is 0.813. The number of nitrogens with two attached hydrogens (primary N) is 1. The Morgan fingerprint density at radius 3 is 2.41 bits per heavy atom. The number of hydrogen-bond acceptors (Lipinski definition) is 5. The lowest BCUT2D eigenvalue weighted by molar-refractivity contribution is -0.117. The number of esters is 1. The Balaban J connectivity index is 0.00000242. The van der Waals surface area contributed by atoms with E-state index in [1.165, 1.54) is 7.11 Å². The normalized spacial score (nSPS) is 15.7. The minimum atomic E-state index is -0.391. The van der Waals surface area contributed by atoms with Crippen LogP contribution in [-0.2, 0) is 9.53 Å². The van der Waals surface area contributed by atoms with Crippen molar-refractivity contribution in [2.24, 2.45) is 5.73 Å². The fourth-order valence-electron chi connectivity index (χ4n) is 2.32. The van der Waals surface area contributed by atoms with Gasteiger partial charge in [-0.1, -0.05) is 0 Å². The van der Waals surface area contributed by atoms with E-state index in [0.29, 0.717) is 17.8 Å². The van der Waals surface area contributed by atoms with Crippen LogP contribution in [0, 0.1) is 0 Å². The summed E-state index contributed by atoms with van der Waals surface area (Å²) in [6.45, 7) is 2.08. The molecule has 122 valence electrons. The summed E-state index contributed by atoms with van der Waals surface area (Å²) in [7, 11) is 1.34. The number of carbonyl (C=O) groups excluding carboxylic acids is 2. The third kappa shape index (κ3) is 5.29. The average molecular weight is 328 g/mol. The summed E-state index contributed by atoms with van der Waals surface area (Å²) >= 11 is 0. The highest BCUT2D eigenvalue weighted by molar-refractivity contribution is 5.93. The van der Waals surface area contributed by atoms with Crippen molar-refractivity contribution in [2.45, 2.75) is 18.9 Å². The maximum Gasteiger partial charge on any atom is 0.337 e. The molecule has 0 spiro atoms. The van der Waals surface area contributed by atoms with Crippen LogP contribution in [0.4, 0.5) is 5.69 Å². The second-order valence-corrected chi connectivity index (χ2v) is 5.23. The lowest BCUT2D eigenvalue weighted by atomic mass is 10.1. The van der Waals surface area contributed by atoms with Gasteiger partial charge in [0.25, 0.3) is 0 Å². The Bertz CT molecular complexity index is 499. The van der Waals surface area contributed by atoms with E-state index < -0.39 is 5.97 Å². The van der Waals surface area contributed by atoms with E-state index in [9.17, 15) is 9.59 Å². The smallest absolute Gasteiger partial charge is 0.337 e. The van der Waals surface area contributed by atoms with Gasteiger partial charge in [0.2, 0.25) is 5.91 Å². The van der Waals surface area contributed by atoms with E-state index in [-0.39, 0.29) is 24.4 Å². The highest BCUT2D eigenvalue weighted by Gasteiger charge is 2.18. The van der Waals surface area contributed by atoms with Crippen LogP contribution in [0.5, 0.6) is 0 Å². The number of carbonyl (C=O) groups is 2. The number of piperidine rings is 1. The van der Waals surface area contributed by atoms with Crippen molar-refractivity contribution in [3.8, 4) is 0 Å². The molecule has 6 nitrogen and oxygen atoms in total. The zero-order valence-corrected chi connectivity index (χ0v) is 13.4. The number of nitrogens with one attached hydrogen (secondary N) is 1. The van der Waals surface area contributed by atoms with Gasteiger partial charge in [0, 0.05) is 24.8 Å². The molecular weight excluding hydrogens is 306 g/mol. The van der Waals surface area contributed by atoms with Crippen molar-refractivity contribution in [3.05, 3.63) is 29.8 Å². The van der Waals surface area contributed by atoms with E-state index in [1.54, 1.807) is 24.3 Å². The maximum absolute atomic E-state index is 12.0. The predicted molar refractivity (Wildman–Crippen MR) is 87.3 cm³/mol. The van der Waals surface area contributed by atoms with Crippen molar-refractivity contribution in [1.82, 2.24) is 4.90 Å². The molecule has 1 amide bonds. The molecule has 2 rings (SSSR count). The van der Waals surface area contributed by atoms with Crippen molar-refractivity contribution in [2.75, 3.05) is 32.1 Å². The van der Waals surface area contributed by atoms with E-state index in [0.717, 1.165) is 25.9 Å². The first-order chi connectivity index (χ1) is 10.1. The number of hydrogen-bond donors (Lipinski definition) is 2. The topological polar surface area (TPSA) is 84.7 Å². The molecule has 0 bridgehead atoms. The highest BCUT2D eigenvalue weighted by atomic mass is 35.5. The van der Waals surface area contributed by atoms with Crippen molar-refractivity contribution < 1.29 is 14.3 Å². The van der Waals surface area contributed by atoms with Crippen LogP contribution in [-0.4, -0.2) is 49.6 Å². The summed E-state index contributed by atoms with van der Waals surface area (Å²) in [4.78, 5) is 25.4. The summed E-state index contributed by atoms with van der Waals surface area (Å²) in [6.07, 6.45) is 1.86. The Labute approximate surface area is 136 Å². The molecule has 3 N–H and O–H groups in total. The summed E-state index contributed by atoms with van der Waals surface area (Å²) in [5.41, 5.74) is 6.96. The molecule has 1 aliphatic heterocycles. The molecule has 0 atom stereocenters. The molecular formula is C15H22ClN3O3. The number of ether oxygens (including phenoxy) is 1. The standard InChI is InChI=1S/C15H21N3O3.ClH/c1-21-15(20)11-2-4-13(5-3-11)17-14(19)10-18-8-6-12(16)7-9-18;/h2-5,12H,6-10,16H2,1H3,(H,17,19);1H. The van der Waals surface area contributed by atoms with Gasteiger partial charge in [-0.2, -0.15) is 0 Å². The van der Waals surface area contributed by atoms with E-state index >= 15 is 0 Å². The molecule has 1 saturated heterocycles. The molecule has 22 heavy (non-hydrogen) atoms. The van der Waals surface area contributed by atoms with Gasteiger partial charge in [-0.25, -0.2) is 4.79 Å². The van der Waals surface area contributed by atoms with Crippen molar-refractivity contribution >= 4 is 30.0 Å². The lowest BCUT2D eigenvalue weighted by Crippen LogP contribution is -2.43. The fourth-order valence-corrected chi connectivity index (χ4v) is 2.32. The average Bonchev–Trinajstić information content (AvgIpc) is 2.49. The Hall–Kier alpha value is -1.63. The van der Waals surface area contributed by atoms with Crippen LogP contribution in [0.2, 0.25) is 0 Å². The van der Waals surface area contributed by atoms with Crippen molar-refractivity contribution in [1.29, 1.82) is 0 Å². The first-order valence-electron chi connectivity index (χ1n) is 7.04. The highest BCUT2D eigenvalue weighted by Crippen LogP contribution is 2.11. The second-order valence-electron chi connectivity index (χ2n) is 5.23. The van der Waals surface area contributed by atoms with Gasteiger partial charge in [-0.15, -0.1) is 12.4 Å². The van der Waals surface area contributed by atoms with Crippen molar-refractivity contribution in [3.63, 3.8) is 0 Å². The largest absolute Gasteiger partial charge is 0.465 e. The number of amides is 1. The first-order valence-corrected chi connectivity index (χ1v) is 7.04. The first kappa shape index (κ1) is 18.4. The van der Waals surface area contributed by atoms with Gasteiger partial charge in [-0.3, -0.25) is 9.69 Å². The number of benzene rings is 1. The number of likely N-dealkylation sites (tertiary alicyclic amines) is 1. The van der Waals surface area contributed by atoms with E-state index in [2.05, 4.69) is 15.0 Å². The summed E-state index contributed by atoms with van der Waals surface area (Å²) < 4.78 is 4.62. The van der Waals surface area contributed by atoms with Crippen LogP contribution < -0.4 is 11.1 Å². The molecule has 0 aromatic heterocycles. The van der Waals surface area contributed by atoms with Crippen LogP contribution in [0.3, 0.4) is 0 Å². The fraction of sp³-hybridized carbons (Fsp3) is 0.467. The molecule has 1 heterocycles. The molecule has 0 aliphatic carbocycles. The van der Waals surface area contributed by atoms with Crippen LogP contribution in [0.1, 0.15) is 23.2 Å². The van der Waals surface area contributed by atoms with Crippen LogP contribution in [0.15, 0.2) is 24.3 Å². The monoisotopic (exact) mass is 327 g/mol. The number of rotatable bonds is 4.